The van der Waals surface area contributed by atoms with Gasteiger partial charge in [0.1, 0.15) is 18.2 Å². The van der Waals surface area contributed by atoms with Crippen molar-refractivity contribution in [2.24, 2.45) is 0 Å². The number of amides is 2. The number of anilines is 1. The first kappa shape index (κ1) is 22.6. The van der Waals surface area contributed by atoms with Crippen LogP contribution < -0.4 is 5.32 Å². The Morgan fingerprint density at radius 3 is 2.70 bits per heavy atom. The number of benzene rings is 2. The number of hydrogen-bond donors (Lipinski definition) is 1. The summed E-state index contributed by atoms with van der Waals surface area (Å²) in [6.45, 7) is 4.27. The van der Waals surface area contributed by atoms with Gasteiger partial charge in [-0.25, -0.2) is 0 Å². The van der Waals surface area contributed by atoms with Crippen molar-refractivity contribution in [3.8, 4) is 6.07 Å². The fourth-order valence-electron chi connectivity index (χ4n) is 3.75. The minimum atomic E-state index is -0.529. The molecule has 0 saturated carbocycles. The maximum Gasteiger partial charge on any atom is 0.266 e. The molecule has 1 saturated heterocycles. The Labute approximate surface area is 196 Å². The maximum atomic E-state index is 12.8. The van der Waals surface area contributed by atoms with Gasteiger partial charge >= 0.3 is 0 Å². The Morgan fingerprint density at radius 2 is 1.97 bits per heavy atom. The summed E-state index contributed by atoms with van der Waals surface area (Å²) in [5.41, 5.74) is 2.90. The minimum absolute atomic E-state index is 0.00378. The largest absolute Gasteiger partial charge is 0.378 e. The van der Waals surface area contributed by atoms with E-state index in [9.17, 15) is 14.9 Å². The zero-order valence-electron chi connectivity index (χ0n) is 18.2. The SMILES string of the molecule is Cc1ccc(NC(=O)/C(C#N)=C/c2cn(CC(=O)N3CCOCC3)c3ccccc23)cc1Cl. The van der Waals surface area contributed by atoms with Crippen LogP contribution in [0.3, 0.4) is 0 Å². The number of nitrogens with zero attached hydrogens (tertiary/aromatic N) is 3. The van der Waals surface area contributed by atoms with Gasteiger partial charge < -0.3 is 19.5 Å². The van der Waals surface area contributed by atoms with Crippen molar-refractivity contribution in [2.75, 3.05) is 31.6 Å². The Balaban J connectivity index is 1.61. The van der Waals surface area contributed by atoms with Gasteiger partial charge in [0.2, 0.25) is 5.91 Å². The molecule has 2 amide bonds. The predicted molar refractivity (Wildman–Crippen MR) is 128 cm³/mol. The molecule has 4 rings (SSSR count). The number of aromatic nitrogens is 1. The molecule has 0 radical (unpaired) electrons. The van der Waals surface area contributed by atoms with Crippen molar-refractivity contribution in [1.29, 1.82) is 5.26 Å². The summed E-state index contributed by atoms with van der Waals surface area (Å²) < 4.78 is 7.18. The average molecular weight is 463 g/mol. The Bertz CT molecular complexity index is 1280. The third kappa shape index (κ3) is 5.08. The zero-order chi connectivity index (χ0) is 23.4. The molecular formula is C25H23ClN4O3. The van der Waals surface area contributed by atoms with Crippen LogP contribution in [0.25, 0.3) is 17.0 Å². The zero-order valence-corrected chi connectivity index (χ0v) is 18.9. The van der Waals surface area contributed by atoms with Crippen LogP contribution in [0.2, 0.25) is 5.02 Å². The molecule has 168 valence electrons. The van der Waals surface area contributed by atoms with Crippen molar-refractivity contribution in [3.63, 3.8) is 0 Å². The highest BCUT2D eigenvalue weighted by Gasteiger charge is 2.19. The number of para-hydroxylation sites is 1. The molecule has 1 aromatic heterocycles. The molecule has 0 aliphatic carbocycles. The smallest absolute Gasteiger partial charge is 0.266 e. The van der Waals surface area contributed by atoms with Gasteiger partial charge in [-0.2, -0.15) is 5.26 Å². The first-order valence-electron chi connectivity index (χ1n) is 10.6. The molecule has 7 nitrogen and oxygen atoms in total. The lowest BCUT2D eigenvalue weighted by Crippen LogP contribution is -2.42. The molecule has 2 heterocycles. The second-order valence-electron chi connectivity index (χ2n) is 7.81. The van der Waals surface area contributed by atoms with Crippen molar-refractivity contribution >= 4 is 46.1 Å². The standard InChI is InChI=1S/C25H23ClN4O3/c1-17-6-7-20(13-22(17)26)28-25(32)18(14-27)12-19-15-30(23-5-3-2-4-21(19)23)16-24(31)29-8-10-33-11-9-29/h2-7,12-13,15H,8-11,16H2,1H3,(H,28,32)/b18-12+. The van der Waals surface area contributed by atoms with Crippen molar-refractivity contribution in [1.82, 2.24) is 9.47 Å². The number of ether oxygens (including phenoxy) is 1. The van der Waals surface area contributed by atoms with Crippen LogP contribution in [0.1, 0.15) is 11.1 Å². The number of hydrogen-bond acceptors (Lipinski definition) is 4. The lowest BCUT2D eigenvalue weighted by atomic mass is 10.1. The predicted octanol–water partition coefficient (Wildman–Crippen LogP) is 4.01. The molecule has 0 spiro atoms. The van der Waals surface area contributed by atoms with Gasteiger partial charge in [0.05, 0.1) is 13.2 Å². The van der Waals surface area contributed by atoms with Gasteiger partial charge in [0, 0.05) is 46.5 Å². The number of halogens is 1. The molecule has 8 heteroatoms. The summed E-state index contributed by atoms with van der Waals surface area (Å²) >= 11 is 6.13. The Kier molecular flexibility index (Phi) is 6.78. The lowest BCUT2D eigenvalue weighted by Gasteiger charge is -2.27. The van der Waals surface area contributed by atoms with Gasteiger partial charge in [-0.1, -0.05) is 35.9 Å². The quantitative estimate of drug-likeness (QED) is 0.458. The molecule has 2 aromatic carbocycles. The van der Waals surface area contributed by atoms with E-state index in [1.54, 1.807) is 35.4 Å². The van der Waals surface area contributed by atoms with Gasteiger partial charge in [-0.15, -0.1) is 0 Å². The summed E-state index contributed by atoms with van der Waals surface area (Å²) in [4.78, 5) is 27.3. The average Bonchev–Trinajstić information content (AvgIpc) is 3.17. The topological polar surface area (TPSA) is 87.4 Å². The van der Waals surface area contributed by atoms with E-state index in [4.69, 9.17) is 16.3 Å². The first-order chi connectivity index (χ1) is 16.0. The molecular weight excluding hydrogens is 440 g/mol. The third-order valence-corrected chi connectivity index (χ3v) is 5.99. The molecule has 1 aliphatic heterocycles. The van der Waals surface area contributed by atoms with Crippen LogP contribution in [0.15, 0.2) is 54.2 Å². The number of aryl methyl sites for hydroxylation is 1. The summed E-state index contributed by atoms with van der Waals surface area (Å²) in [6.07, 6.45) is 3.35. The van der Waals surface area contributed by atoms with Gasteiger partial charge in [-0.05, 0) is 36.8 Å². The second kappa shape index (κ2) is 9.90. The lowest BCUT2D eigenvalue weighted by molar-refractivity contribution is -0.135. The van der Waals surface area contributed by atoms with Gasteiger partial charge in [0.15, 0.2) is 0 Å². The molecule has 0 atom stereocenters. The highest BCUT2D eigenvalue weighted by Crippen LogP contribution is 2.25. The molecule has 3 aromatic rings. The fourth-order valence-corrected chi connectivity index (χ4v) is 3.93. The summed E-state index contributed by atoms with van der Waals surface area (Å²) in [7, 11) is 0. The number of morpholine rings is 1. The van der Waals surface area contributed by atoms with Crippen LogP contribution in [-0.2, 0) is 20.9 Å². The molecule has 1 fully saturated rings. The van der Waals surface area contributed by atoms with E-state index in [1.807, 2.05) is 41.8 Å². The number of carbonyl (C=O) groups is 2. The maximum absolute atomic E-state index is 12.8. The molecule has 0 bridgehead atoms. The molecule has 0 unspecified atom stereocenters. The highest BCUT2D eigenvalue weighted by molar-refractivity contribution is 6.31. The second-order valence-corrected chi connectivity index (χ2v) is 8.22. The number of rotatable bonds is 5. The highest BCUT2D eigenvalue weighted by atomic mass is 35.5. The first-order valence-corrected chi connectivity index (χ1v) is 11.0. The van der Waals surface area contributed by atoms with E-state index in [-0.39, 0.29) is 18.0 Å². The number of nitriles is 1. The third-order valence-electron chi connectivity index (χ3n) is 5.58. The Hall–Kier alpha value is -3.60. The fraction of sp³-hybridized carbons (Fsp3) is 0.240. The Morgan fingerprint density at radius 1 is 1.21 bits per heavy atom. The number of carbonyl (C=O) groups excluding carboxylic acids is 2. The van der Waals surface area contributed by atoms with E-state index in [0.717, 1.165) is 16.5 Å². The summed E-state index contributed by atoms with van der Waals surface area (Å²) in [5, 5.41) is 13.7. The van der Waals surface area contributed by atoms with Crippen LogP contribution >= 0.6 is 11.6 Å². The summed E-state index contributed by atoms with van der Waals surface area (Å²) in [6, 6.07) is 14.8. The van der Waals surface area contributed by atoms with E-state index >= 15 is 0 Å². The van der Waals surface area contributed by atoms with Gasteiger partial charge in [-0.3, -0.25) is 9.59 Å². The van der Waals surface area contributed by atoms with E-state index in [1.165, 1.54) is 0 Å². The molecule has 1 N–H and O–H groups in total. The molecule has 33 heavy (non-hydrogen) atoms. The van der Waals surface area contributed by atoms with E-state index < -0.39 is 5.91 Å². The summed E-state index contributed by atoms with van der Waals surface area (Å²) in [5.74, 6) is -0.525. The van der Waals surface area contributed by atoms with Crippen LogP contribution in [0.5, 0.6) is 0 Å². The van der Waals surface area contributed by atoms with Crippen LogP contribution in [-0.4, -0.2) is 47.6 Å². The van der Waals surface area contributed by atoms with Crippen molar-refractivity contribution in [3.05, 3.63) is 70.4 Å². The van der Waals surface area contributed by atoms with Gasteiger partial charge in [0.25, 0.3) is 5.91 Å². The minimum Gasteiger partial charge on any atom is -0.378 e. The normalized spacial score (nSPS) is 14.2. The number of fused-ring (bicyclic) bond motifs is 1. The molecule has 1 aliphatic rings. The monoisotopic (exact) mass is 462 g/mol. The number of nitrogens with one attached hydrogen (secondary N) is 1. The van der Waals surface area contributed by atoms with E-state index in [2.05, 4.69) is 5.32 Å². The van der Waals surface area contributed by atoms with E-state index in [0.29, 0.717) is 42.6 Å². The van der Waals surface area contributed by atoms with Crippen LogP contribution in [0.4, 0.5) is 5.69 Å². The van der Waals surface area contributed by atoms with Crippen molar-refractivity contribution in [2.45, 2.75) is 13.5 Å². The van der Waals surface area contributed by atoms with Crippen molar-refractivity contribution < 1.29 is 14.3 Å². The van der Waals surface area contributed by atoms with Crippen LogP contribution in [0, 0.1) is 18.3 Å².